The Bertz CT molecular complexity index is 307. The highest BCUT2D eigenvalue weighted by Crippen LogP contribution is 2.18. The van der Waals surface area contributed by atoms with E-state index < -0.39 is 0 Å². The zero-order chi connectivity index (χ0) is 9.26. The Labute approximate surface area is 81.2 Å². The minimum absolute atomic E-state index is 0.242. The summed E-state index contributed by atoms with van der Waals surface area (Å²) in [7, 11) is 0. The maximum atomic E-state index is 9.31. The SMILES string of the molecule is OC1CCN(c2ccnc(Cl)n2)C1. The molecule has 0 saturated carbocycles. The Hall–Kier alpha value is -0.870. The highest BCUT2D eigenvalue weighted by molar-refractivity contribution is 6.28. The highest BCUT2D eigenvalue weighted by atomic mass is 35.5. The van der Waals surface area contributed by atoms with Crippen LogP contribution >= 0.6 is 11.6 Å². The van der Waals surface area contributed by atoms with E-state index in [2.05, 4.69) is 9.97 Å². The van der Waals surface area contributed by atoms with Crippen LogP contribution < -0.4 is 4.90 Å². The molecule has 0 aromatic carbocycles. The molecule has 1 saturated heterocycles. The van der Waals surface area contributed by atoms with Gasteiger partial charge in [-0.15, -0.1) is 0 Å². The first kappa shape index (κ1) is 8.72. The lowest BCUT2D eigenvalue weighted by Crippen LogP contribution is -2.22. The van der Waals surface area contributed by atoms with Crippen LogP contribution in [0, 0.1) is 0 Å². The van der Waals surface area contributed by atoms with E-state index in [0.717, 1.165) is 18.8 Å². The second-order valence-corrected chi connectivity index (χ2v) is 3.41. The van der Waals surface area contributed by atoms with E-state index in [9.17, 15) is 5.11 Å². The van der Waals surface area contributed by atoms with Crippen LogP contribution in [0.5, 0.6) is 0 Å². The van der Waals surface area contributed by atoms with Crippen molar-refractivity contribution >= 4 is 17.4 Å². The maximum absolute atomic E-state index is 9.31. The van der Waals surface area contributed by atoms with Gasteiger partial charge in [-0.2, -0.15) is 0 Å². The molecule has 0 radical (unpaired) electrons. The number of aliphatic hydroxyl groups is 1. The molecule has 2 rings (SSSR count). The van der Waals surface area contributed by atoms with Crippen LogP contribution in [0.1, 0.15) is 6.42 Å². The van der Waals surface area contributed by atoms with Gasteiger partial charge in [-0.25, -0.2) is 9.97 Å². The first-order valence-electron chi connectivity index (χ1n) is 4.17. The Morgan fingerprint density at radius 3 is 3.08 bits per heavy atom. The first-order chi connectivity index (χ1) is 6.25. The van der Waals surface area contributed by atoms with Gasteiger partial charge in [0.05, 0.1) is 6.10 Å². The van der Waals surface area contributed by atoms with Crippen molar-refractivity contribution in [1.29, 1.82) is 0 Å². The number of halogens is 1. The van der Waals surface area contributed by atoms with Gasteiger partial charge >= 0.3 is 0 Å². The molecular weight excluding hydrogens is 190 g/mol. The van der Waals surface area contributed by atoms with Gasteiger partial charge in [0.1, 0.15) is 5.82 Å². The Morgan fingerprint density at radius 2 is 2.46 bits per heavy atom. The van der Waals surface area contributed by atoms with E-state index in [-0.39, 0.29) is 11.4 Å². The van der Waals surface area contributed by atoms with Gasteiger partial charge in [-0.3, -0.25) is 0 Å². The second-order valence-electron chi connectivity index (χ2n) is 3.07. The van der Waals surface area contributed by atoms with Crippen LogP contribution in [-0.4, -0.2) is 34.3 Å². The molecule has 1 fully saturated rings. The molecule has 4 nitrogen and oxygen atoms in total. The average Bonchev–Trinajstić information content (AvgIpc) is 2.52. The molecule has 0 aliphatic carbocycles. The maximum Gasteiger partial charge on any atom is 0.224 e. The molecular formula is C8H10ClN3O. The van der Waals surface area contributed by atoms with Gasteiger partial charge in [0, 0.05) is 19.3 Å². The topological polar surface area (TPSA) is 49.2 Å². The van der Waals surface area contributed by atoms with Crippen LogP contribution in [-0.2, 0) is 0 Å². The second kappa shape index (κ2) is 3.47. The summed E-state index contributed by atoms with van der Waals surface area (Å²) in [5.41, 5.74) is 0. The van der Waals surface area contributed by atoms with Gasteiger partial charge < -0.3 is 10.0 Å². The Balaban J connectivity index is 2.16. The van der Waals surface area contributed by atoms with E-state index in [0.29, 0.717) is 6.54 Å². The molecule has 1 aromatic rings. The van der Waals surface area contributed by atoms with Gasteiger partial charge in [0.15, 0.2) is 0 Å². The summed E-state index contributed by atoms with van der Waals surface area (Å²) in [5.74, 6) is 0.788. The van der Waals surface area contributed by atoms with Crippen molar-refractivity contribution in [3.8, 4) is 0 Å². The molecule has 1 aromatic heterocycles. The molecule has 70 valence electrons. The molecule has 0 spiro atoms. The summed E-state index contributed by atoms with van der Waals surface area (Å²) < 4.78 is 0. The first-order valence-corrected chi connectivity index (χ1v) is 4.55. The van der Waals surface area contributed by atoms with Crippen molar-refractivity contribution in [3.05, 3.63) is 17.5 Å². The molecule has 1 unspecified atom stereocenters. The van der Waals surface area contributed by atoms with Crippen LogP contribution in [0.3, 0.4) is 0 Å². The van der Waals surface area contributed by atoms with E-state index in [1.165, 1.54) is 0 Å². The van der Waals surface area contributed by atoms with E-state index in [4.69, 9.17) is 11.6 Å². The van der Waals surface area contributed by atoms with Gasteiger partial charge in [-0.1, -0.05) is 0 Å². The molecule has 5 heteroatoms. The third-order valence-electron chi connectivity index (χ3n) is 2.10. The lowest BCUT2D eigenvalue weighted by molar-refractivity contribution is 0.198. The van der Waals surface area contributed by atoms with Gasteiger partial charge in [0.25, 0.3) is 0 Å². The minimum Gasteiger partial charge on any atom is -0.391 e. The monoisotopic (exact) mass is 199 g/mol. The molecule has 1 atom stereocenters. The number of hydrogen-bond donors (Lipinski definition) is 1. The quantitative estimate of drug-likeness (QED) is 0.677. The summed E-state index contributed by atoms with van der Waals surface area (Å²) in [6.07, 6.45) is 2.17. The average molecular weight is 200 g/mol. The number of aromatic nitrogens is 2. The lowest BCUT2D eigenvalue weighted by Gasteiger charge is -2.15. The lowest BCUT2D eigenvalue weighted by atomic mass is 10.3. The van der Waals surface area contributed by atoms with Crippen molar-refractivity contribution in [3.63, 3.8) is 0 Å². The number of β-amino-alcohol motifs (C(OH)–C–C–N with tert-alkyl or cyclic N) is 1. The smallest absolute Gasteiger partial charge is 0.224 e. The molecule has 1 N–H and O–H groups in total. The largest absolute Gasteiger partial charge is 0.391 e. The molecule has 13 heavy (non-hydrogen) atoms. The predicted octanol–water partition coefficient (Wildman–Crippen LogP) is 0.701. The van der Waals surface area contributed by atoms with Crippen LogP contribution in [0.15, 0.2) is 12.3 Å². The minimum atomic E-state index is -0.242. The van der Waals surface area contributed by atoms with Gasteiger partial charge in [-0.05, 0) is 24.1 Å². The zero-order valence-corrected chi connectivity index (χ0v) is 7.78. The number of aliphatic hydroxyl groups excluding tert-OH is 1. The third-order valence-corrected chi connectivity index (χ3v) is 2.28. The molecule has 1 aliphatic heterocycles. The van der Waals surface area contributed by atoms with Gasteiger partial charge in [0.2, 0.25) is 5.28 Å². The zero-order valence-electron chi connectivity index (χ0n) is 7.02. The summed E-state index contributed by atoms with van der Waals surface area (Å²) in [6.45, 7) is 1.46. The summed E-state index contributed by atoms with van der Waals surface area (Å²) in [4.78, 5) is 9.85. The Kier molecular flexibility index (Phi) is 2.33. The summed E-state index contributed by atoms with van der Waals surface area (Å²) >= 11 is 5.65. The standard InChI is InChI=1S/C8H10ClN3O/c9-8-10-3-1-7(11-8)12-4-2-6(13)5-12/h1,3,6,13H,2,4-5H2. The Morgan fingerprint density at radius 1 is 1.62 bits per heavy atom. The van der Waals surface area contributed by atoms with Crippen LogP contribution in [0.2, 0.25) is 5.28 Å². The van der Waals surface area contributed by atoms with Crippen molar-refractivity contribution < 1.29 is 5.11 Å². The summed E-state index contributed by atoms with van der Waals surface area (Å²) in [5, 5.41) is 9.56. The number of anilines is 1. The number of hydrogen-bond acceptors (Lipinski definition) is 4. The number of nitrogens with zero attached hydrogens (tertiary/aromatic N) is 3. The number of rotatable bonds is 1. The normalized spacial score (nSPS) is 22.3. The van der Waals surface area contributed by atoms with E-state index in [1.807, 2.05) is 4.90 Å². The highest BCUT2D eigenvalue weighted by Gasteiger charge is 2.21. The van der Waals surface area contributed by atoms with Crippen LogP contribution in [0.4, 0.5) is 5.82 Å². The molecule has 0 amide bonds. The van der Waals surface area contributed by atoms with Crippen molar-refractivity contribution in [2.24, 2.45) is 0 Å². The fourth-order valence-corrected chi connectivity index (χ4v) is 1.60. The van der Waals surface area contributed by atoms with Crippen molar-refractivity contribution in [1.82, 2.24) is 9.97 Å². The van der Waals surface area contributed by atoms with Crippen molar-refractivity contribution in [2.45, 2.75) is 12.5 Å². The molecule has 1 aliphatic rings. The summed E-state index contributed by atoms with van der Waals surface area (Å²) in [6, 6.07) is 1.80. The predicted molar refractivity (Wildman–Crippen MR) is 49.9 cm³/mol. The van der Waals surface area contributed by atoms with Crippen LogP contribution in [0.25, 0.3) is 0 Å². The molecule has 2 heterocycles. The fraction of sp³-hybridized carbons (Fsp3) is 0.500. The van der Waals surface area contributed by atoms with E-state index in [1.54, 1.807) is 12.3 Å². The third kappa shape index (κ3) is 1.89. The molecule has 0 bridgehead atoms. The van der Waals surface area contributed by atoms with E-state index >= 15 is 0 Å². The fourth-order valence-electron chi connectivity index (χ4n) is 1.45. The van der Waals surface area contributed by atoms with Crippen molar-refractivity contribution in [2.75, 3.05) is 18.0 Å².